The number of aromatic nitrogens is 1. The van der Waals surface area contributed by atoms with Gasteiger partial charge in [0.15, 0.2) is 0 Å². The van der Waals surface area contributed by atoms with Crippen LogP contribution in [0.5, 0.6) is 0 Å². The van der Waals surface area contributed by atoms with Crippen molar-refractivity contribution in [2.24, 2.45) is 5.41 Å². The Labute approximate surface area is 142 Å². The van der Waals surface area contributed by atoms with E-state index >= 15 is 0 Å². The maximum atomic E-state index is 12.2. The van der Waals surface area contributed by atoms with E-state index in [9.17, 15) is 9.59 Å². The number of amides is 1. The van der Waals surface area contributed by atoms with Crippen molar-refractivity contribution in [3.8, 4) is 0 Å². The van der Waals surface area contributed by atoms with E-state index in [0.717, 1.165) is 5.56 Å². The van der Waals surface area contributed by atoms with E-state index < -0.39 is 16.9 Å². The van der Waals surface area contributed by atoms with Gasteiger partial charge in [0.05, 0.1) is 11.1 Å². The Morgan fingerprint density at radius 3 is 2.42 bits per heavy atom. The van der Waals surface area contributed by atoms with Gasteiger partial charge in [0.2, 0.25) is 0 Å². The predicted octanol–water partition coefficient (Wildman–Crippen LogP) is 2.90. The number of nitrogens with zero attached hydrogens (tertiary/aromatic N) is 1. The van der Waals surface area contributed by atoms with Crippen molar-refractivity contribution < 1.29 is 19.5 Å². The molecule has 0 unspecified atom stereocenters. The van der Waals surface area contributed by atoms with Crippen molar-refractivity contribution in [2.45, 2.75) is 53.1 Å². The van der Waals surface area contributed by atoms with E-state index in [1.165, 1.54) is 17.6 Å². The number of rotatable bonds is 6. The number of aryl methyl sites for hydroxylation is 1. The highest BCUT2D eigenvalue weighted by Crippen LogP contribution is 2.27. The van der Waals surface area contributed by atoms with Crippen molar-refractivity contribution in [1.29, 1.82) is 0 Å². The van der Waals surface area contributed by atoms with Crippen LogP contribution in [0, 0.1) is 5.41 Å². The van der Waals surface area contributed by atoms with Crippen LogP contribution < -0.4 is 5.48 Å². The Morgan fingerprint density at radius 2 is 1.92 bits per heavy atom. The lowest BCUT2D eigenvalue weighted by Gasteiger charge is -2.28. The summed E-state index contributed by atoms with van der Waals surface area (Å²) < 4.78 is 5.45. The summed E-state index contributed by atoms with van der Waals surface area (Å²) in [5.41, 5.74) is 2.04. The fourth-order valence-electron chi connectivity index (χ4n) is 1.86. The average Bonchev–Trinajstić information content (AvgIpc) is 2.50. The number of pyridine rings is 1. The Morgan fingerprint density at radius 1 is 1.25 bits per heavy atom. The minimum absolute atomic E-state index is 0.211. The van der Waals surface area contributed by atoms with Crippen LogP contribution in [0.25, 0.3) is 6.08 Å². The molecule has 1 amide bonds. The van der Waals surface area contributed by atoms with Crippen LogP contribution >= 0.6 is 0 Å². The molecule has 1 heterocycles. The molecule has 0 aliphatic heterocycles. The van der Waals surface area contributed by atoms with Crippen LogP contribution in [0.4, 0.5) is 0 Å². The highest BCUT2D eigenvalue weighted by Gasteiger charge is 2.32. The van der Waals surface area contributed by atoms with Crippen molar-refractivity contribution in [2.75, 3.05) is 0 Å². The second-order valence-electron chi connectivity index (χ2n) is 7.29. The first-order valence-corrected chi connectivity index (χ1v) is 7.84. The molecule has 0 aliphatic carbocycles. The summed E-state index contributed by atoms with van der Waals surface area (Å²) in [6.45, 7) is 9.31. The van der Waals surface area contributed by atoms with E-state index in [1.54, 1.807) is 12.3 Å². The predicted molar refractivity (Wildman–Crippen MR) is 91.1 cm³/mol. The molecule has 1 aromatic rings. The van der Waals surface area contributed by atoms with Crippen molar-refractivity contribution in [3.05, 3.63) is 35.7 Å². The van der Waals surface area contributed by atoms with Crippen LogP contribution in [0.2, 0.25) is 0 Å². The molecule has 1 rings (SSSR count). The number of ether oxygens (including phenoxy) is 1. The number of carbonyl (C=O) groups excluding carboxylic acids is 2. The van der Waals surface area contributed by atoms with E-state index in [2.05, 4.69) is 4.98 Å². The largest absolute Gasteiger partial charge is 0.460 e. The van der Waals surface area contributed by atoms with Gasteiger partial charge in [-0.3, -0.25) is 19.8 Å². The third-order valence-corrected chi connectivity index (χ3v) is 3.35. The van der Waals surface area contributed by atoms with Gasteiger partial charge in [-0.05, 0) is 65.2 Å². The highest BCUT2D eigenvalue weighted by molar-refractivity contribution is 5.90. The number of carbonyl (C=O) groups is 2. The number of nitrogens with one attached hydrogen (secondary N) is 1. The van der Waals surface area contributed by atoms with Gasteiger partial charge in [0.25, 0.3) is 5.91 Å². The number of hydrogen-bond acceptors (Lipinski definition) is 5. The molecule has 0 aromatic carbocycles. The lowest BCUT2D eigenvalue weighted by Crippen LogP contribution is -2.34. The molecule has 0 radical (unpaired) electrons. The van der Waals surface area contributed by atoms with E-state index in [-0.39, 0.29) is 5.97 Å². The zero-order valence-corrected chi connectivity index (χ0v) is 14.9. The average molecular weight is 334 g/mol. The van der Waals surface area contributed by atoms with Gasteiger partial charge in [-0.25, -0.2) is 5.48 Å². The topological polar surface area (TPSA) is 88.5 Å². The number of hydrogen-bond donors (Lipinski definition) is 2. The van der Waals surface area contributed by atoms with Gasteiger partial charge >= 0.3 is 5.97 Å². The van der Waals surface area contributed by atoms with Crippen LogP contribution in [-0.4, -0.2) is 27.7 Å². The summed E-state index contributed by atoms with van der Waals surface area (Å²) in [5, 5.41) is 8.41. The van der Waals surface area contributed by atoms with E-state index in [1.807, 2.05) is 40.7 Å². The molecule has 0 spiro atoms. The monoisotopic (exact) mass is 334 g/mol. The fraction of sp³-hybridized carbons (Fsp3) is 0.500. The maximum absolute atomic E-state index is 12.2. The third-order valence-electron chi connectivity index (χ3n) is 3.35. The molecule has 132 valence electrons. The summed E-state index contributed by atoms with van der Waals surface area (Å²) in [6, 6.07) is 3.67. The molecule has 0 saturated carbocycles. The molecule has 0 atom stereocenters. The quantitative estimate of drug-likeness (QED) is 0.361. The van der Waals surface area contributed by atoms with Gasteiger partial charge < -0.3 is 4.74 Å². The molecule has 0 saturated heterocycles. The first kappa shape index (κ1) is 19.8. The van der Waals surface area contributed by atoms with Crippen molar-refractivity contribution in [3.63, 3.8) is 0 Å². The number of esters is 1. The third kappa shape index (κ3) is 6.91. The Kier molecular flexibility index (Phi) is 6.66. The second kappa shape index (κ2) is 8.06. The molecule has 0 fully saturated rings. The standard InChI is InChI=1S/C18H26N2O4/c1-17(2,3)24-16(22)18(4,5)11-10-13-6-7-14(19-12-13)8-9-15(21)20-23/h6-9,12,23H,10-11H2,1-5H3,(H,20,21)/b9-8+. The minimum atomic E-state index is -0.611. The molecule has 0 aliphatic rings. The maximum Gasteiger partial charge on any atom is 0.312 e. The van der Waals surface area contributed by atoms with Gasteiger partial charge in [0, 0.05) is 12.3 Å². The second-order valence-corrected chi connectivity index (χ2v) is 7.29. The highest BCUT2D eigenvalue weighted by atomic mass is 16.6. The lowest BCUT2D eigenvalue weighted by atomic mass is 9.86. The van der Waals surface area contributed by atoms with Crippen LogP contribution in [0.3, 0.4) is 0 Å². The molecule has 6 nitrogen and oxygen atoms in total. The Hall–Kier alpha value is -2.21. The van der Waals surface area contributed by atoms with E-state index in [4.69, 9.17) is 9.94 Å². The first-order chi connectivity index (χ1) is 11.0. The Bertz CT molecular complexity index is 598. The zero-order chi connectivity index (χ0) is 18.4. The smallest absolute Gasteiger partial charge is 0.312 e. The van der Waals surface area contributed by atoms with Gasteiger partial charge in [-0.1, -0.05) is 6.07 Å². The normalized spacial score (nSPS) is 12.2. The van der Waals surface area contributed by atoms with Gasteiger partial charge in [-0.15, -0.1) is 0 Å². The van der Waals surface area contributed by atoms with E-state index in [0.29, 0.717) is 18.5 Å². The summed E-state index contributed by atoms with van der Waals surface area (Å²) in [7, 11) is 0. The molecule has 0 bridgehead atoms. The number of hydroxylamine groups is 1. The molecular formula is C18H26N2O4. The fourth-order valence-corrected chi connectivity index (χ4v) is 1.86. The van der Waals surface area contributed by atoms with Gasteiger partial charge in [0.1, 0.15) is 5.60 Å². The van der Waals surface area contributed by atoms with Crippen LogP contribution in [0.15, 0.2) is 24.4 Å². The summed E-state index contributed by atoms with van der Waals surface area (Å²) in [4.78, 5) is 27.4. The molecule has 24 heavy (non-hydrogen) atoms. The van der Waals surface area contributed by atoms with Crippen molar-refractivity contribution in [1.82, 2.24) is 10.5 Å². The molecule has 2 N–H and O–H groups in total. The summed E-state index contributed by atoms with van der Waals surface area (Å²) >= 11 is 0. The van der Waals surface area contributed by atoms with Gasteiger partial charge in [-0.2, -0.15) is 0 Å². The van der Waals surface area contributed by atoms with Crippen LogP contribution in [0.1, 0.15) is 52.3 Å². The van der Waals surface area contributed by atoms with Crippen molar-refractivity contribution >= 4 is 18.0 Å². The summed E-state index contributed by atoms with van der Waals surface area (Å²) in [5.74, 6) is -0.822. The first-order valence-electron chi connectivity index (χ1n) is 7.84. The Balaban J connectivity index is 2.62. The summed E-state index contributed by atoms with van der Waals surface area (Å²) in [6.07, 6.45) is 5.74. The molecule has 1 aromatic heterocycles. The lowest BCUT2D eigenvalue weighted by molar-refractivity contribution is -0.166. The minimum Gasteiger partial charge on any atom is -0.460 e. The van der Waals surface area contributed by atoms with Crippen LogP contribution in [-0.2, 0) is 20.7 Å². The molecule has 6 heteroatoms. The zero-order valence-electron chi connectivity index (χ0n) is 14.9. The molecular weight excluding hydrogens is 308 g/mol. The SMILES string of the molecule is CC(C)(C)OC(=O)C(C)(C)CCc1ccc(/C=C/C(=O)NO)nc1.